The Morgan fingerprint density at radius 3 is 2.88 bits per heavy atom. The zero-order valence-electron chi connectivity index (χ0n) is 9.03. The molecule has 0 aromatic heterocycles. The van der Waals surface area contributed by atoms with Crippen molar-refractivity contribution in [3.05, 3.63) is 28.8 Å². The molecule has 0 spiro atoms. The third kappa shape index (κ3) is 1.66. The van der Waals surface area contributed by atoms with Gasteiger partial charge < -0.3 is 5.32 Å². The van der Waals surface area contributed by atoms with Crippen molar-refractivity contribution in [2.45, 2.75) is 6.42 Å². The number of rotatable bonds is 0. The number of anilines is 1. The van der Waals surface area contributed by atoms with Gasteiger partial charge in [-0.15, -0.1) is 0 Å². The van der Waals surface area contributed by atoms with Crippen molar-refractivity contribution in [1.82, 2.24) is 10.0 Å². The van der Waals surface area contributed by atoms with Crippen molar-refractivity contribution in [2.24, 2.45) is 0 Å². The summed E-state index contributed by atoms with van der Waals surface area (Å²) in [5.74, 6) is 0.451. The van der Waals surface area contributed by atoms with E-state index in [-0.39, 0.29) is 0 Å². The van der Waals surface area contributed by atoms with Crippen molar-refractivity contribution in [3.63, 3.8) is 0 Å². The molecule has 2 aliphatic rings. The van der Waals surface area contributed by atoms with E-state index in [0.717, 1.165) is 30.8 Å². The predicted octanol–water partition coefficient (Wildman–Crippen LogP) is 2.30. The summed E-state index contributed by atoms with van der Waals surface area (Å²) >= 11 is 11.3. The lowest BCUT2D eigenvalue weighted by Gasteiger charge is -2.28. The van der Waals surface area contributed by atoms with Gasteiger partial charge in [-0.1, -0.05) is 11.6 Å². The Morgan fingerprint density at radius 2 is 2.06 bits per heavy atom. The minimum atomic E-state index is 0.451. The van der Waals surface area contributed by atoms with Gasteiger partial charge in [0.1, 0.15) is 5.84 Å². The molecule has 0 atom stereocenters. The van der Waals surface area contributed by atoms with Gasteiger partial charge in [0, 0.05) is 23.7 Å². The van der Waals surface area contributed by atoms with Gasteiger partial charge in [0.2, 0.25) is 0 Å². The van der Waals surface area contributed by atoms with E-state index < -0.39 is 0 Å². The molecule has 2 aliphatic heterocycles. The molecule has 1 saturated heterocycles. The summed E-state index contributed by atoms with van der Waals surface area (Å²) in [6.07, 6.45) is 1.01. The van der Waals surface area contributed by atoms with Gasteiger partial charge in [-0.3, -0.25) is 15.4 Å². The molecule has 1 fully saturated rings. The van der Waals surface area contributed by atoms with Crippen LogP contribution < -0.4 is 5.32 Å². The van der Waals surface area contributed by atoms with E-state index in [1.54, 1.807) is 12.1 Å². The Hall–Kier alpha value is -1.33. The van der Waals surface area contributed by atoms with Crippen LogP contribution in [0.15, 0.2) is 18.2 Å². The summed E-state index contributed by atoms with van der Waals surface area (Å²) < 4.78 is 0. The van der Waals surface area contributed by atoms with E-state index in [9.17, 15) is 0 Å². The number of halogens is 1. The number of hydrazine groups is 1. The Kier molecular flexibility index (Phi) is 2.45. The van der Waals surface area contributed by atoms with Gasteiger partial charge >= 0.3 is 0 Å². The molecule has 4 nitrogen and oxygen atoms in total. The SMILES string of the molecule is N=C1c2cc(Cl)ccc2NC(=S)N2CCCN12. The van der Waals surface area contributed by atoms with Crippen LogP contribution in [0.3, 0.4) is 0 Å². The topological polar surface area (TPSA) is 42.4 Å². The molecule has 0 amide bonds. The molecule has 2 N–H and O–H groups in total. The summed E-state index contributed by atoms with van der Waals surface area (Å²) in [7, 11) is 0. The highest BCUT2D eigenvalue weighted by Crippen LogP contribution is 2.28. The first-order valence-corrected chi connectivity index (χ1v) is 6.20. The molecule has 0 saturated carbocycles. The highest BCUT2D eigenvalue weighted by molar-refractivity contribution is 7.80. The van der Waals surface area contributed by atoms with Crippen molar-refractivity contribution < 1.29 is 0 Å². The van der Waals surface area contributed by atoms with Crippen LogP contribution in [0.25, 0.3) is 0 Å². The summed E-state index contributed by atoms with van der Waals surface area (Å²) in [5, 5.41) is 16.5. The van der Waals surface area contributed by atoms with E-state index in [4.69, 9.17) is 29.2 Å². The van der Waals surface area contributed by atoms with Gasteiger partial charge in [-0.2, -0.15) is 0 Å². The fourth-order valence-corrected chi connectivity index (χ4v) is 2.67. The van der Waals surface area contributed by atoms with Gasteiger partial charge in [0.05, 0.1) is 5.69 Å². The fourth-order valence-electron chi connectivity index (χ4n) is 2.20. The van der Waals surface area contributed by atoms with E-state index in [1.807, 2.05) is 16.1 Å². The summed E-state index contributed by atoms with van der Waals surface area (Å²) in [5.41, 5.74) is 1.64. The zero-order valence-corrected chi connectivity index (χ0v) is 10.6. The summed E-state index contributed by atoms with van der Waals surface area (Å²) in [6.45, 7) is 1.68. The number of thiocarbonyl (C=S) groups is 1. The van der Waals surface area contributed by atoms with Crippen LogP contribution in [0.1, 0.15) is 12.0 Å². The van der Waals surface area contributed by atoms with Crippen molar-refractivity contribution >= 4 is 40.5 Å². The lowest BCUT2D eigenvalue weighted by atomic mass is 10.1. The second kappa shape index (κ2) is 3.85. The van der Waals surface area contributed by atoms with Gasteiger partial charge in [0.25, 0.3) is 0 Å². The van der Waals surface area contributed by atoms with Crippen LogP contribution in [0.4, 0.5) is 5.69 Å². The van der Waals surface area contributed by atoms with Crippen molar-refractivity contribution in [1.29, 1.82) is 5.41 Å². The maximum atomic E-state index is 8.25. The number of hydrogen-bond donors (Lipinski definition) is 2. The van der Waals surface area contributed by atoms with Crippen LogP contribution in [0.2, 0.25) is 5.02 Å². The predicted molar refractivity (Wildman–Crippen MR) is 72.5 cm³/mol. The molecule has 0 bridgehead atoms. The lowest BCUT2D eigenvalue weighted by molar-refractivity contribution is 0.212. The molecule has 1 aromatic carbocycles. The first-order valence-electron chi connectivity index (χ1n) is 5.41. The minimum Gasteiger partial charge on any atom is -0.331 e. The van der Waals surface area contributed by atoms with Gasteiger partial charge in [-0.05, 0) is 36.8 Å². The Labute approximate surface area is 110 Å². The third-order valence-corrected chi connectivity index (χ3v) is 3.55. The molecule has 88 valence electrons. The quantitative estimate of drug-likeness (QED) is 0.707. The van der Waals surface area contributed by atoms with Crippen molar-refractivity contribution in [2.75, 3.05) is 18.4 Å². The molecule has 17 heavy (non-hydrogen) atoms. The van der Waals surface area contributed by atoms with Crippen LogP contribution >= 0.6 is 23.8 Å². The first-order chi connectivity index (χ1) is 8.16. The average molecular weight is 267 g/mol. The monoisotopic (exact) mass is 266 g/mol. The number of benzene rings is 1. The van der Waals surface area contributed by atoms with Crippen LogP contribution in [-0.2, 0) is 0 Å². The van der Waals surface area contributed by atoms with E-state index >= 15 is 0 Å². The molecule has 1 aromatic rings. The lowest BCUT2D eigenvalue weighted by Crippen LogP contribution is -2.44. The first kappa shape index (κ1) is 10.8. The normalized spacial score (nSPS) is 18.6. The number of hydrogen-bond acceptors (Lipinski definition) is 2. The maximum Gasteiger partial charge on any atom is 0.192 e. The van der Waals surface area contributed by atoms with Crippen LogP contribution in [0, 0.1) is 5.41 Å². The highest BCUT2D eigenvalue weighted by atomic mass is 35.5. The molecular weight excluding hydrogens is 256 g/mol. The van der Waals surface area contributed by atoms with E-state index in [2.05, 4.69) is 5.32 Å². The Balaban J connectivity index is 2.12. The Morgan fingerprint density at radius 1 is 1.29 bits per heavy atom. The molecule has 0 radical (unpaired) electrons. The van der Waals surface area contributed by atoms with Crippen molar-refractivity contribution in [3.8, 4) is 0 Å². The molecule has 6 heteroatoms. The van der Waals surface area contributed by atoms with E-state index in [1.165, 1.54) is 0 Å². The van der Waals surface area contributed by atoms with Crippen LogP contribution in [0.5, 0.6) is 0 Å². The Bertz CT molecular complexity index is 516. The van der Waals surface area contributed by atoms with Gasteiger partial charge in [-0.25, -0.2) is 0 Å². The largest absolute Gasteiger partial charge is 0.331 e. The molecular formula is C11H11ClN4S. The second-order valence-electron chi connectivity index (χ2n) is 4.07. The summed E-state index contributed by atoms with van der Waals surface area (Å²) in [6, 6.07) is 5.47. The van der Waals surface area contributed by atoms with Gasteiger partial charge in [0.15, 0.2) is 5.11 Å². The number of fused-ring (bicyclic) bond motifs is 2. The second-order valence-corrected chi connectivity index (χ2v) is 4.89. The number of nitrogens with one attached hydrogen (secondary N) is 2. The maximum absolute atomic E-state index is 8.25. The molecule has 3 rings (SSSR count). The van der Waals surface area contributed by atoms with E-state index in [0.29, 0.717) is 16.0 Å². The molecule has 2 heterocycles. The average Bonchev–Trinajstić information content (AvgIpc) is 2.76. The number of nitrogens with zero attached hydrogens (tertiary/aromatic N) is 2. The summed E-state index contributed by atoms with van der Waals surface area (Å²) in [4.78, 5) is 0. The minimum absolute atomic E-state index is 0.451. The molecule has 0 unspecified atom stereocenters. The number of amidine groups is 1. The standard InChI is InChI=1S/C11H11ClN4S/c12-7-2-3-9-8(6-7)10(13)15-4-1-5-16(15)11(17)14-9/h2-3,6,13H,1,4-5H2,(H,14,17). The third-order valence-electron chi connectivity index (χ3n) is 3.00. The van der Waals surface area contributed by atoms with Crippen LogP contribution in [-0.4, -0.2) is 34.1 Å². The zero-order chi connectivity index (χ0) is 12.0. The highest BCUT2D eigenvalue weighted by Gasteiger charge is 2.31. The fraction of sp³-hybridized carbons (Fsp3) is 0.273. The smallest absolute Gasteiger partial charge is 0.192 e. The molecule has 0 aliphatic carbocycles.